The fourth-order valence-corrected chi connectivity index (χ4v) is 3.87. The van der Waals surface area contributed by atoms with Gasteiger partial charge in [-0.15, -0.1) is 6.58 Å². The highest BCUT2D eigenvalue weighted by Crippen LogP contribution is 2.24. The number of rotatable bonds is 8. The van der Waals surface area contributed by atoms with Crippen LogP contribution in [0, 0.1) is 5.92 Å². The maximum absolute atomic E-state index is 12.9. The van der Waals surface area contributed by atoms with E-state index in [4.69, 9.17) is 4.74 Å². The third-order valence-electron chi connectivity index (χ3n) is 5.64. The zero-order valence-corrected chi connectivity index (χ0v) is 18.3. The summed E-state index contributed by atoms with van der Waals surface area (Å²) in [6, 6.07) is 15.2. The number of amides is 3. The molecule has 1 atom stereocenters. The van der Waals surface area contributed by atoms with Gasteiger partial charge in [-0.2, -0.15) is 0 Å². The van der Waals surface area contributed by atoms with E-state index in [9.17, 15) is 14.4 Å². The largest absolute Gasteiger partial charge is 0.497 e. The van der Waals surface area contributed by atoms with Crippen LogP contribution in [0.5, 0.6) is 5.75 Å². The molecule has 7 nitrogen and oxygen atoms in total. The number of methoxy groups -OCH3 is 1. The Hall–Kier alpha value is -3.61. The molecular weight excluding hydrogens is 406 g/mol. The Kier molecular flexibility index (Phi) is 8.02. The van der Waals surface area contributed by atoms with Gasteiger partial charge in [-0.3, -0.25) is 14.4 Å². The fraction of sp³-hybridized carbons (Fsp3) is 0.320. The van der Waals surface area contributed by atoms with E-state index in [0.717, 1.165) is 0 Å². The Morgan fingerprint density at radius 2 is 1.78 bits per heavy atom. The van der Waals surface area contributed by atoms with Gasteiger partial charge in [0.05, 0.1) is 7.11 Å². The van der Waals surface area contributed by atoms with Crippen molar-refractivity contribution in [3.63, 3.8) is 0 Å². The molecule has 1 saturated heterocycles. The lowest BCUT2D eigenvalue weighted by atomic mass is 9.88. The van der Waals surface area contributed by atoms with Crippen molar-refractivity contribution in [2.24, 2.45) is 5.92 Å². The van der Waals surface area contributed by atoms with Crippen molar-refractivity contribution in [1.82, 2.24) is 15.5 Å². The molecule has 0 radical (unpaired) electrons. The van der Waals surface area contributed by atoms with Crippen molar-refractivity contribution in [2.45, 2.75) is 18.9 Å². The van der Waals surface area contributed by atoms with Gasteiger partial charge in [0, 0.05) is 30.8 Å². The maximum atomic E-state index is 12.9. The molecule has 3 rings (SSSR count). The number of carbonyl (C=O) groups is 3. The van der Waals surface area contributed by atoms with Crippen molar-refractivity contribution in [2.75, 3.05) is 26.7 Å². The minimum absolute atomic E-state index is 0.0664. The van der Waals surface area contributed by atoms with Crippen LogP contribution < -0.4 is 15.4 Å². The second-order valence-corrected chi connectivity index (χ2v) is 7.71. The summed E-state index contributed by atoms with van der Waals surface area (Å²) in [6.45, 7) is 4.97. The van der Waals surface area contributed by atoms with Crippen LogP contribution in [0.1, 0.15) is 33.6 Å². The van der Waals surface area contributed by atoms with Gasteiger partial charge in [0.25, 0.3) is 11.8 Å². The predicted molar refractivity (Wildman–Crippen MR) is 123 cm³/mol. The minimum atomic E-state index is -0.684. The van der Waals surface area contributed by atoms with E-state index in [1.54, 1.807) is 66.6 Å². The number of nitrogens with zero attached hydrogens (tertiary/aromatic N) is 1. The summed E-state index contributed by atoms with van der Waals surface area (Å²) in [6.07, 6.45) is 2.82. The highest BCUT2D eigenvalue weighted by molar-refractivity contribution is 5.97. The molecule has 0 aliphatic carbocycles. The quantitative estimate of drug-likeness (QED) is 0.624. The van der Waals surface area contributed by atoms with Crippen molar-refractivity contribution in [3.05, 3.63) is 78.4 Å². The molecule has 1 aliphatic rings. The molecule has 3 amide bonds. The van der Waals surface area contributed by atoms with Gasteiger partial charge < -0.3 is 20.3 Å². The Balaban J connectivity index is 1.67. The summed E-state index contributed by atoms with van der Waals surface area (Å²) in [5, 5.41) is 5.69. The van der Waals surface area contributed by atoms with E-state index in [1.807, 2.05) is 6.07 Å². The summed E-state index contributed by atoms with van der Waals surface area (Å²) in [7, 11) is 1.57. The Bertz CT molecular complexity index is 953. The van der Waals surface area contributed by atoms with Crippen molar-refractivity contribution in [1.29, 1.82) is 0 Å². The molecule has 0 unspecified atom stereocenters. The molecule has 0 saturated carbocycles. The second kappa shape index (κ2) is 11.1. The SMILES string of the molecule is C=CCNC(=O)[C@@H](NC(=O)c1ccccc1)C1CCN(C(=O)c2cccc(OC)c2)CC1. The lowest BCUT2D eigenvalue weighted by Gasteiger charge is -2.36. The molecule has 1 heterocycles. The van der Waals surface area contributed by atoms with Gasteiger partial charge >= 0.3 is 0 Å². The average Bonchev–Trinajstić information content (AvgIpc) is 2.86. The van der Waals surface area contributed by atoms with E-state index >= 15 is 0 Å². The number of hydrogen-bond donors (Lipinski definition) is 2. The zero-order valence-electron chi connectivity index (χ0n) is 18.3. The average molecular weight is 436 g/mol. The van der Waals surface area contributed by atoms with Crippen molar-refractivity contribution >= 4 is 17.7 Å². The Labute approximate surface area is 188 Å². The number of piperidine rings is 1. The van der Waals surface area contributed by atoms with E-state index in [0.29, 0.717) is 49.4 Å². The predicted octanol–water partition coefficient (Wildman–Crippen LogP) is 2.65. The standard InChI is InChI=1S/C25H29N3O4/c1-3-14-26-24(30)22(27-23(29)19-8-5-4-6-9-19)18-12-15-28(16-13-18)25(31)20-10-7-11-21(17-20)32-2/h3-11,17-18,22H,1,12-16H2,2H3,(H,26,30)(H,27,29)/t22-/m0/s1. The lowest BCUT2D eigenvalue weighted by molar-refractivity contribution is -0.124. The van der Waals surface area contributed by atoms with Crippen LogP contribution in [0.4, 0.5) is 0 Å². The normalized spacial score (nSPS) is 14.8. The number of benzene rings is 2. The van der Waals surface area contributed by atoms with E-state index in [2.05, 4.69) is 17.2 Å². The Morgan fingerprint density at radius 1 is 1.09 bits per heavy atom. The summed E-state index contributed by atoms with van der Waals surface area (Å²) in [4.78, 5) is 40.2. The molecule has 0 spiro atoms. The molecule has 1 aliphatic heterocycles. The first-order chi connectivity index (χ1) is 15.5. The van der Waals surface area contributed by atoms with Crippen molar-refractivity contribution < 1.29 is 19.1 Å². The molecule has 7 heteroatoms. The van der Waals surface area contributed by atoms with Crippen LogP contribution in [0.15, 0.2) is 67.3 Å². The number of carbonyl (C=O) groups excluding carboxylic acids is 3. The summed E-state index contributed by atoms with van der Waals surface area (Å²) >= 11 is 0. The van der Waals surface area contributed by atoms with Crippen LogP contribution in [-0.2, 0) is 4.79 Å². The van der Waals surface area contributed by atoms with E-state index in [1.165, 1.54) is 0 Å². The topological polar surface area (TPSA) is 87.7 Å². The number of hydrogen-bond acceptors (Lipinski definition) is 4. The fourth-order valence-electron chi connectivity index (χ4n) is 3.87. The van der Waals surface area contributed by atoms with Gasteiger partial charge in [-0.1, -0.05) is 30.3 Å². The first kappa shape index (κ1) is 23.1. The third-order valence-corrected chi connectivity index (χ3v) is 5.64. The summed E-state index contributed by atoms with van der Waals surface area (Å²) in [5.41, 5.74) is 1.07. The summed E-state index contributed by atoms with van der Waals surface area (Å²) < 4.78 is 5.21. The maximum Gasteiger partial charge on any atom is 0.253 e. The van der Waals surface area contributed by atoms with Gasteiger partial charge in [-0.05, 0) is 49.1 Å². The summed E-state index contributed by atoms with van der Waals surface area (Å²) in [5.74, 6) is -0.0514. The molecule has 2 aromatic carbocycles. The molecule has 2 N–H and O–H groups in total. The van der Waals surface area contributed by atoms with Crippen LogP contribution in [0.25, 0.3) is 0 Å². The molecule has 168 valence electrons. The number of likely N-dealkylation sites (tertiary alicyclic amines) is 1. The Morgan fingerprint density at radius 3 is 2.44 bits per heavy atom. The van der Waals surface area contributed by atoms with Crippen LogP contribution >= 0.6 is 0 Å². The molecule has 2 aromatic rings. The smallest absolute Gasteiger partial charge is 0.253 e. The monoisotopic (exact) mass is 435 g/mol. The van der Waals surface area contributed by atoms with Crippen LogP contribution in [0.2, 0.25) is 0 Å². The van der Waals surface area contributed by atoms with Gasteiger partial charge in [0.2, 0.25) is 5.91 Å². The third kappa shape index (κ3) is 5.75. The number of nitrogens with one attached hydrogen (secondary N) is 2. The van der Waals surface area contributed by atoms with Crippen LogP contribution in [0.3, 0.4) is 0 Å². The zero-order chi connectivity index (χ0) is 22.9. The first-order valence-corrected chi connectivity index (χ1v) is 10.7. The van der Waals surface area contributed by atoms with Gasteiger partial charge in [-0.25, -0.2) is 0 Å². The van der Waals surface area contributed by atoms with E-state index in [-0.39, 0.29) is 23.6 Å². The molecule has 0 aromatic heterocycles. The highest BCUT2D eigenvalue weighted by Gasteiger charge is 2.34. The van der Waals surface area contributed by atoms with Gasteiger partial charge in [0.1, 0.15) is 11.8 Å². The van der Waals surface area contributed by atoms with Gasteiger partial charge in [0.15, 0.2) is 0 Å². The van der Waals surface area contributed by atoms with Crippen molar-refractivity contribution in [3.8, 4) is 5.75 Å². The second-order valence-electron chi connectivity index (χ2n) is 7.71. The minimum Gasteiger partial charge on any atom is -0.497 e. The molecule has 1 fully saturated rings. The molecule has 0 bridgehead atoms. The highest BCUT2D eigenvalue weighted by atomic mass is 16.5. The lowest BCUT2D eigenvalue weighted by Crippen LogP contribution is -2.53. The molecule has 32 heavy (non-hydrogen) atoms. The van der Waals surface area contributed by atoms with E-state index < -0.39 is 6.04 Å². The molecular formula is C25H29N3O4. The first-order valence-electron chi connectivity index (χ1n) is 10.7. The van der Waals surface area contributed by atoms with Crippen LogP contribution in [-0.4, -0.2) is 55.4 Å². The number of ether oxygens (including phenoxy) is 1.